The van der Waals surface area contributed by atoms with E-state index in [1.807, 2.05) is 0 Å². The smallest absolute Gasteiger partial charge is 0.342 e. The molecule has 0 atom stereocenters. The maximum absolute atomic E-state index is 12.4. The van der Waals surface area contributed by atoms with E-state index in [1.54, 1.807) is 36.4 Å². The van der Waals surface area contributed by atoms with Crippen LogP contribution >= 0.6 is 0 Å². The number of likely N-dealkylation sites (tertiary alicyclic amines) is 1. The van der Waals surface area contributed by atoms with Gasteiger partial charge in [-0.15, -0.1) is 0 Å². The van der Waals surface area contributed by atoms with Crippen molar-refractivity contribution in [3.8, 4) is 0 Å². The Labute approximate surface area is 148 Å². The maximum Gasteiger partial charge on any atom is 0.397 e. The third kappa shape index (κ3) is 4.70. The highest BCUT2D eigenvalue weighted by Gasteiger charge is 2.35. The van der Waals surface area contributed by atoms with Gasteiger partial charge in [0.15, 0.2) is 0 Å². The predicted molar refractivity (Wildman–Crippen MR) is 87.7 cm³/mol. The maximum atomic E-state index is 12.4. The van der Waals surface area contributed by atoms with Crippen LogP contribution in [0, 0.1) is 0 Å². The van der Waals surface area contributed by atoms with Crippen molar-refractivity contribution in [2.75, 3.05) is 18.4 Å². The Morgan fingerprint density at radius 2 is 2.08 bits per heavy atom. The molecular formula is C16H19F3N6O. The Kier molecular flexibility index (Phi) is 5.10. The van der Waals surface area contributed by atoms with E-state index in [9.17, 15) is 18.0 Å². The van der Waals surface area contributed by atoms with Crippen molar-refractivity contribution < 1.29 is 18.0 Å². The second-order valence-electron chi connectivity index (χ2n) is 6.28. The van der Waals surface area contributed by atoms with Gasteiger partial charge < -0.3 is 10.2 Å². The Balaban J connectivity index is 1.59. The number of amides is 1. The first-order valence-electron chi connectivity index (χ1n) is 8.23. The lowest BCUT2D eigenvalue weighted by atomic mass is 9.93. The minimum atomic E-state index is -4.46. The molecule has 1 aliphatic heterocycles. The first-order valence-corrected chi connectivity index (χ1v) is 8.23. The summed E-state index contributed by atoms with van der Waals surface area (Å²) in [6.45, 7) is 0.601. The van der Waals surface area contributed by atoms with Gasteiger partial charge in [-0.25, -0.2) is 9.97 Å². The molecule has 0 bridgehead atoms. The monoisotopic (exact) mass is 368 g/mol. The summed E-state index contributed by atoms with van der Waals surface area (Å²) in [5.74, 6) is -0.342. The highest BCUT2D eigenvalue weighted by Crippen LogP contribution is 2.29. The molecule has 0 spiro atoms. The van der Waals surface area contributed by atoms with Gasteiger partial charge in [0, 0.05) is 44.1 Å². The van der Waals surface area contributed by atoms with Crippen molar-refractivity contribution in [3.63, 3.8) is 0 Å². The Morgan fingerprint density at radius 3 is 2.69 bits per heavy atom. The number of hydrogen-bond donors (Lipinski definition) is 1. The fourth-order valence-corrected chi connectivity index (χ4v) is 2.98. The molecule has 0 aliphatic carbocycles. The summed E-state index contributed by atoms with van der Waals surface area (Å²) in [6, 6.07) is 1.80. The van der Waals surface area contributed by atoms with E-state index in [2.05, 4.69) is 20.4 Å². The van der Waals surface area contributed by atoms with Crippen LogP contribution in [-0.2, 0) is 11.8 Å². The highest BCUT2D eigenvalue weighted by molar-refractivity contribution is 5.77. The zero-order valence-electron chi connectivity index (χ0n) is 14.2. The average molecular weight is 368 g/mol. The first-order chi connectivity index (χ1) is 12.3. The Hall–Kier alpha value is -2.65. The number of piperidine rings is 1. The van der Waals surface area contributed by atoms with Gasteiger partial charge >= 0.3 is 6.18 Å². The summed E-state index contributed by atoms with van der Waals surface area (Å²) in [6.07, 6.45) is 0.376. The lowest BCUT2D eigenvalue weighted by Crippen LogP contribution is -2.39. The van der Waals surface area contributed by atoms with E-state index >= 15 is 0 Å². The molecule has 1 fully saturated rings. The number of nitrogens with one attached hydrogen (secondary N) is 1. The number of carbonyl (C=O) groups excluding carboxylic acids is 1. The van der Waals surface area contributed by atoms with E-state index < -0.39 is 18.5 Å². The molecule has 2 aromatic rings. The minimum absolute atomic E-state index is 0.0855. The third-order valence-electron chi connectivity index (χ3n) is 4.26. The topological polar surface area (TPSA) is 75.9 Å². The van der Waals surface area contributed by atoms with Crippen molar-refractivity contribution >= 4 is 17.5 Å². The number of nitrogens with zero attached hydrogens (tertiary/aromatic N) is 5. The van der Waals surface area contributed by atoms with E-state index in [4.69, 9.17) is 0 Å². The second-order valence-corrected chi connectivity index (χ2v) is 6.28. The zero-order chi connectivity index (χ0) is 18.7. The van der Waals surface area contributed by atoms with Crippen molar-refractivity contribution in [1.82, 2.24) is 24.6 Å². The number of halogens is 3. The van der Waals surface area contributed by atoms with E-state index in [-0.39, 0.29) is 5.92 Å². The summed E-state index contributed by atoms with van der Waals surface area (Å²) in [5.41, 5.74) is 1.58. The molecule has 0 saturated carbocycles. The summed E-state index contributed by atoms with van der Waals surface area (Å²) >= 11 is 0. The Morgan fingerprint density at radius 1 is 1.35 bits per heavy atom. The third-order valence-corrected chi connectivity index (χ3v) is 4.26. The SMILES string of the molecule is Cn1cc(Nc2nccc(C3CCN(C(=O)CC(F)(F)F)CC3)n2)cn1. The van der Waals surface area contributed by atoms with Gasteiger partial charge in [0.1, 0.15) is 6.42 Å². The quantitative estimate of drug-likeness (QED) is 0.898. The van der Waals surface area contributed by atoms with Crippen LogP contribution in [0.3, 0.4) is 0 Å². The van der Waals surface area contributed by atoms with Crippen molar-refractivity contribution in [2.45, 2.75) is 31.4 Å². The van der Waals surface area contributed by atoms with Gasteiger partial charge in [-0.3, -0.25) is 9.48 Å². The average Bonchev–Trinajstić information content (AvgIpc) is 2.98. The molecule has 3 rings (SSSR count). The molecule has 10 heteroatoms. The predicted octanol–water partition coefficient (Wildman–Crippen LogP) is 2.61. The van der Waals surface area contributed by atoms with Crippen molar-refractivity contribution in [3.05, 3.63) is 30.4 Å². The number of carbonyl (C=O) groups is 1. The fourth-order valence-electron chi connectivity index (χ4n) is 2.98. The standard InChI is InChI=1S/C16H19F3N6O/c1-24-10-12(9-21-24)22-15-20-5-2-13(23-15)11-3-6-25(7-4-11)14(26)8-16(17,18)19/h2,5,9-11H,3-4,6-8H2,1H3,(H,20,22,23). The minimum Gasteiger partial charge on any atom is -0.342 e. The van der Waals surface area contributed by atoms with Crippen LogP contribution in [0.2, 0.25) is 0 Å². The molecule has 1 saturated heterocycles. The molecular weight excluding hydrogens is 349 g/mol. The van der Waals surface area contributed by atoms with Crippen LogP contribution in [0.5, 0.6) is 0 Å². The van der Waals surface area contributed by atoms with E-state index in [0.717, 1.165) is 11.4 Å². The van der Waals surface area contributed by atoms with Crippen LogP contribution in [0.4, 0.5) is 24.8 Å². The highest BCUT2D eigenvalue weighted by atomic mass is 19.4. The van der Waals surface area contributed by atoms with Gasteiger partial charge in [-0.05, 0) is 18.9 Å². The lowest BCUT2D eigenvalue weighted by molar-refractivity contribution is -0.162. The zero-order valence-corrected chi connectivity index (χ0v) is 14.2. The molecule has 0 aromatic carbocycles. The molecule has 2 aromatic heterocycles. The summed E-state index contributed by atoms with van der Waals surface area (Å²) in [4.78, 5) is 21.6. The molecule has 0 radical (unpaired) electrons. The summed E-state index contributed by atoms with van der Waals surface area (Å²) in [7, 11) is 1.80. The van der Waals surface area contributed by atoms with E-state index in [1.165, 1.54) is 4.90 Å². The number of aryl methyl sites for hydroxylation is 1. The first kappa shape index (κ1) is 18.2. The van der Waals surface area contributed by atoms with Gasteiger partial charge in [-0.1, -0.05) is 0 Å². The van der Waals surface area contributed by atoms with Crippen LogP contribution < -0.4 is 5.32 Å². The number of anilines is 2. The molecule has 1 amide bonds. The van der Waals surface area contributed by atoms with Gasteiger partial charge in [0.2, 0.25) is 11.9 Å². The molecule has 26 heavy (non-hydrogen) atoms. The molecule has 7 nitrogen and oxygen atoms in total. The van der Waals surface area contributed by atoms with Crippen LogP contribution in [0.1, 0.15) is 30.9 Å². The molecule has 1 aliphatic rings. The number of rotatable bonds is 4. The number of hydrogen-bond acceptors (Lipinski definition) is 5. The van der Waals surface area contributed by atoms with Crippen LogP contribution in [-0.4, -0.2) is 49.8 Å². The van der Waals surface area contributed by atoms with Gasteiger partial charge in [0.05, 0.1) is 11.9 Å². The van der Waals surface area contributed by atoms with Crippen LogP contribution in [0.15, 0.2) is 24.7 Å². The van der Waals surface area contributed by atoms with Crippen molar-refractivity contribution in [1.29, 1.82) is 0 Å². The largest absolute Gasteiger partial charge is 0.397 e. The molecule has 3 heterocycles. The van der Waals surface area contributed by atoms with Gasteiger partial charge in [0.25, 0.3) is 0 Å². The van der Waals surface area contributed by atoms with Gasteiger partial charge in [-0.2, -0.15) is 18.3 Å². The van der Waals surface area contributed by atoms with Crippen molar-refractivity contribution in [2.24, 2.45) is 7.05 Å². The molecule has 0 unspecified atom stereocenters. The number of aromatic nitrogens is 4. The fraction of sp³-hybridized carbons (Fsp3) is 0.500. The second kappa shape index (κ2) is 7.30. The van der Waals surface area contributed by atoms with Crippen LogP contribution in [0.25, 0.3) is 0 Å². The molecule has 140 valence electrons. The summed E-state index contributed by atoms with van der Waals surface area (Å²) in [5, 5.41) is 7.12. The summed E-state index contributed by atoms with van der Waals surface area (Å²) < 4.78 is 38.7. The Bertz CT molecular complexity index is 767. The normalized spacial score (nSPS) is 15.9. The molecule has 1 N–H and O–H groups in total. The number of alkyl halides is 3. The lowest BCUT2D eigenvalue weighted by Gasteiger charge is -2.32. The van der Waals surface area contributed by atoms with E-state index in [0.29, 0.717) is 31.9 Å².